The van der Waals surface area contributed by atoms with E-state index in [0.29, 0.717) is 18.1 Å². The number of aliphatic imine (C=N–C) groups is 1. The maximum Gasteiger partial charge on any atom is 0.573 e. The number of anilines is 1. The van der Waals surface area contributed by atoms with Gasteiger partial charge in [-0.1, -0.05) is 54.2 Å². The lowest BCUT2D eigenvalue weighted by Gasteiger charge is -2.31. The van der Waals surface area contributed by atoms with Crippen molar-refractivity contribution in [2.24, 2.45) is 4.99 Å². The van der Waals surface area contributed by atoms with E-state index in [2.05, 4.69) is 56.0 Å². The first kappa shape index (κ1) is 30.1. The monoisotopic (exact) mass is 608 g/mol. The van der Waals surface area contributed by atoms with Crippen molar-refractivity contribution in [3.63, 3.8) is 0 Å². The van der Waals surface area contributed by atoms with Crippen LogP contribution in [0.15, 0.2) is 78.0 Å². The highest BCUT2D eigenvalue weighted by atomic mass is 32.2. The Bertz CT molecular complexity index is 1570. The summed E-state index contributed by atoms with van der Waals surface area (Å²) in [6.07, 6.45) is -0.677. The van der Waals surface area contributed by atoms with Crippen molar-refractivity contribution >= 4 is 28.6 Å². The van der Waals surface area contributed by atoms with E-state index in [1.807, 2.05) is 30.3 Å². The number of amides is 2. The van der Waals surface area contributed by atoms with E-state index in [1.165, 1.54) is 46.4 Å². The van der Waals surface area contributed by atoms with E-state index < -0.39 is 6.36 Å². The fourth-order valence-corrected chi connectivity index (χ4v) is 5.79. The summed E-state index contributed by atoms with van der Waals surface area (Å²) in [4.78, 5) is 23.5. The Morgan fingerprint density at radius 1 is 1.05 bits per heavy atom. The summed E-state index contributed by atoms with van der Waals surface area (Å²) in [5.74, 6) is 1.12. The van der Waals surface area contributed by atoms with Gasteiger partial charge in [-0.2, -0.15) is 4.99 Å². The van der Waals surface area contributed by atoms with Gasteiger partial charge in [0.1, 0.15) is 12.1 Å². The molecule has 1 fully saturated rings. The summed E-state index contributed by atoms with van der Waals surface area (Å²) in [5.41, 5.74) is 5.92. The molecule has 0 radical (unpaired) electrons. The standard InChI is InChI=1S/C31H31F3N6O2S/c1-21-6-3-7-22(2)27(21)39-18-5-19-43-30(39)37-29(41)35-17-4-8-23-9-11-24(12-10-23)28-36-20-40(38-28)25-13-15-26(16-14-25)42-31(32,33)34/h3,6-7,9-16,20H,4-5,8,17-19H2,1-2H3,(H,35,41). The number of aryl methyl sites for hydroxylation is 3. The molecule has 12 heteroatoms. The number of para-hydroxylation sites is 1. The molecule has 0 spiro atoms. The number of nitrogens with zero attached hydrogens (tertiary/aromatic N) is 5. The third-order valence-corrected chi connectivity index (χ3v) is 7.91. The molecule has 224 valence electrons. The lowest BCUT2D eigenvalue weighted by atomic mass is 10.1. The predicted molar refractivity (Wildman–Crippen MR) is 163 cm³/mol. The lowest BCUT2D eigenvalue weighted by Crippen LogP contribution is -2.36. The first-order valence-corrected chi connectivity index (χ1v) is 14.8. The molecule has 4 aromatic rings. The Morgan fingerprint density at radius 2 is 1.77 bits per heavy atom. The van der Waals surface area contributed by atoms with Crippen LogP contribution in [0, 0.1) is 13.8 Å². The fourth-order valence-electron chi connectivity index (χ4n) is 4.85. The Hall–Kier alpha value is -4.32. The highest BCUT2D eigenvalue weighted by molar-refractivity contribution is 8.14. The molecule has 5 rings (SSSR count). The minimum atomic E-state index is -4.74. The van der Waals surface area contributed by atoms with Crippen molar-refractivity contribution in [1.82, 2.24) is 20.1 Å². The van der Waals surface area contributed by atoms with Gasteiger partial charge >= 0.3 is 12.4 Å². The van der Waals surface area contributed by atoms with E-state index in [1.54, 1.807) is 11.8 Å². The number of rotatable bonds is 8. The zero-order valence-electron chi connectivity index (χ0n) is 23.8. The number of carbonyl (C=O) groups excluding carboxylic acids is 1. The molecule has 3 aromatic carbocycles. The van der Waals surface area contributed by atoms with Gasteiger partial charge in [-0.15, -0.1) is 18.3 Å². The van der Waals surface area contributed by atoms with E-state index in [-0.39, 0.29) is 11.8 Å². The number of hydrogen-bond acceptors (Lipinski definition) is 5. The third-order valence-electron chi connectivity index (χ3n) is 6.85. The number of benzene rings is 3. The predicted octanol–water partition coefficient (Wildman–Crippen LogP) is 7.09. The number of aromatic nitrogens is 3. The number of carbonyl (C=O) groups is 1. The van der Waals surface area contributed by atoms with Gasteiger partial charge in [-0.05, 0) is 74.1 Å². The number of urea groups is 1. The molecule has 1 aliphatic rings. The number of ether oxygens (including phenoxy) is 1. The van der Waals surface area contributed by atoms with E-state index in [4.69, 9.17) is 0 Å². The quantitative estimate of drug-likeness (QED) is 0.215. The Balaban J connectivity index is 1.12. The summed E-state index contributed by atoms with van der Waals surface area (Å²) < 4.78 is 42.6. The lowest BCUT2D eigenvalue weighted by molar-refractivity contribution is -0.274. The van der Waals surface area contributed by atoms with E-state index >= 15 is 0 Å². The molecular weight excluding hydrogens is 577 g/mol. The molecule has 2 amide bonds. The van der Waals surface area contributed by atoms with Crippen LogP contribution in [-0.4, -0.2) is 51.2 Å². The number of hydrogen-bond donors (Lipinski definition) is 1. The maximum absolute atomic E-state index is 12.6. The van der Waals surface area contributed by atoms with Gasteiger partial charge in [0.25, 0.3) is 0 Å². The van der Waals surface area contributed by atoms with Gasteiger partial charge in [-0.25, -0.2) is 14.5 Å². The van der Waals surface area contributed by atoms with Crippen molar-refractivity contribution < 1.29 is 22.7 Å². The molecule has 1 saturated heterocycles. The molecule has 43 heavy (non-hydrogen) atoms. The molecule has 0 unspecified atom stereocenters. The number of amidine groups is 1. The number of halogens is 3. The molecule has 1 N–H and O–H groups in total. The first-order chi connectivity index (χ1) is 20.7. The summed E-state index contributed by atoms with van der Waals surface area (Å²) >= 11 is 1.61. The smallest absolute Gasteiger partial charge is 0.406 e. The SMILES string of the molecule is Cc1cccc(C)c1N1CCCSC1=NC(=O)NCCCc1ccc(-c2ncn(-c3ccc(OC(F)(F)F)cc3)n2)cc1. The second kappa shape index (κ2) is 13.3. The molecule has 1 aliphatic heterocycles. The molecular formula is C31H31F3N6O2S. The van der Waals surface area contributed by atoms with Crippen LogP contribution in [0.5, 0.6) is 5.75 Å². The van der Waals surface area contributed by atoms with E-state index in [0.717, 1.165) is 53.5 Å². The van der Waals surface area contributed by atoms with Gasteiger partial charge in [0.15, 0.2) is 11.0 Å². The minimum absolute atomic E-state index is 0.303. The fraction of sp³-hybridized carbons (Fsp3) is 0.290. The van der Waals surface area contributed by atoms with Crippen LogP contribution in [0.1, 0.15) is 29.5 Å². The molecule has 0 saturated carbocycles. The van der Waals surface area contributed by atoms with E-state index in [9.17, 15) is 18.0 Å². The molecule has 0 aliphatic carbocycles. The van der Waals surface area contributed by atoms with Crippen LogP contribution in [0.25, 0.3) is 17.1 Å². The zero-order chi connectivity index (χ0) is 30.4. The molecule has 8 nitrogen and oxygen atoms in total. The average Bonchev–Trinajstić information content (AvgIpc) is 3.46. The minimum Gasteiger partial charge on any atom is -0.406 e. The normalized spacial score (nSPS) is 14.6. The summed E-state index contributed by atoms with van der Waals surface area (Å²) in [5, 5.41) is 8.09. The largest absolute Gasteiger partial charge is 0.573 e. The zero-order valence-corrected chi connectivity index (χ0v) is 24.6. The Labute approximate surface area is 252 Å². The highest BCUT2D eigenvalue weighted by Crippen LogP contribution is 2.31. The second-order valence-electron chi connectivity index (χ2n) is 10.1. The highest BCUT2D eigenvalue weighted by Gasteiger charge is 2.31. The van der Waals surface area contributed by atoms with Crippen LogP contribution in [0.3, 0.4) is 0 Å². The summed E-state index contributed by atoms with van der Waals surface area (Å²) in [6, 6.07) is 19.1. The van der Waals surface area contributed by atoms with Crippen molar-refractivity contribution in [3.8, 4) is 22.8 Å². The van der Waals surface area contributed by atoms with Crippen molar-refractivity contribution in [2.45, 2.75) is 39.5 Å². The summed E-state index contributed by atoms with van der Waals surface area (Å²) in [6.45, 7) is 5.50. The van der Waals surface area contributed by atoms with Crippen molar-refractivity contribution in [2.75, 3.05) is 23.7 Å². The number of thioether (sulfide) groups is 1. The molecule has 2 heterocycles. The van der Waals surface area contributed by atoms with Crippen molar-refractivity contribution in [3.05, 3.63) is 89.7 Å². The van der Waals surface area contributed by atoms with Gasteiger partial charge in [0.05, 0.1) is 5.69 Å². The Morgan fingerprint density at radius 3 is 2.47 bits per heavy atom. The van der Waals surface area contributed by atoms with Crippen LogP contribution in [0.4, 0.5) is 23.7 Å². The maximum atomic E-state index is 12.6. The van der Waals surface area contributed by atoms with Crippen LogP contribution in [0.2, 0.25) is 0 Å². The number of nitrogens with one attached hydrogen (secondary N) is 1. The van der Waals surface area contributed by atoms with Crippen molar-refractivity contribution in [1.29, 1.82) is 0 Å². The molecule has 0 atom stereocenters. The number of alkyl halides is 3. The van der Waals surface area contributed by atoms with Gasteiger partial charge in [0.2, 0.25) is 0 Å². The third kappa shape index (κ3) is 7.95. The molecule has 1 aromatic heterocycles. The average molecular weight is 609 g/mol. The Kier molecular flexibility index (Phi) is 9.34. The van der Waals surface area contributed by atoms with Crippen LogP contribution >= 0.6 is 11.8 Å². The molecule has 0 bridgehead atoms. The van der Waals surface area contributed by atoms with Crippen LogP contribution in [-0.2, 0) is 6.42 Å². The van der Waals surface area contributed by atoms with Gasteiger partial charge in [0, 0.05) is 30.1 Å². The van der Waals surface area contributed by atoms with Gasteiger partial charge in [-0.3, -0.25) is 0 Å². The summed E-state index contributed by atoms with van der Waals surface area (Å²) in [7, 11) is 0. The topological polar surface area (TPSA) is 84.6 Å². The van der Waals surface area contributed by atoms with Crippen LogP contribution < -0.4 is 15.0 Å². The second-order valence-corrected chi connectivity index (χ2v) is 11.1. The van der Waals surface area contributed by atoms with Gasteiger partial charge < -0.3 is 15.0 Å². The first-order valence-electron chi connectivity index (χ1n) is 13.9.